The van der Waals surface area contributed by atoms with Crippen LogP contribution in [0.3, 0.4) is 0 Å². The normalized spacial score (nSPS) is 24.3. The Labute approximate surface area is 162 Å². The molecule has 2 N–H and O–H groups in total. The standard InChI is InChI=1S/C20H31N3O3S/c1-15(2)17-7-9-18(10-8-17)27(25,26)23-12-4-5-16(14-23)13-22-20(24)19-6-3-11-21-19/h7-10,15-16,19,21H,3-6,11-14H2,1-2H3,(H,22,24). The summed E-state index contributed by atoms with van der Waals surface area (Å²) < 4.78 is 27.6. The van der Waals surface area contributed by atoms with Crippen LogP contribution in [0.1, 0.15) is 51.0 Å². The van der Waals surface area contributed by atoms with Crippen molar-refractivity contribution in [3.05, 3.63) is 29.8 Å². The number of sulfonamides is 1. The number of amides is 1. The first-order valence-electron chi connectivity index (χ1n) is 9.99. The molecule has 0 aromatic heterocycles. The molecule has 2 atom stereocenters. The molecule has 2 fully saturated rings. The molecule has 2 aliphatic rings. The van der Waals surface area contributed by atoms with Gasteiger partial charge in [-0.15, -0.1) is 0 Å². The first kappa shape index (κ1) is 20.3. The minimum Gasteiger partial charge on any atom is -0.354 e. The van der Waals surface area contributed by atoms with E-state index in [1.165, 1.54) is 0 Å². The maximum absolute atomic E-state index is 13.0. The van der Waals surface area contributed by atoms with Crippen LogP contribution < -0.4 is 10.6 Å². The molecule has 6 nitrogen and oxygen atoms in total. The van der Waals surface area contributed by atoms with Gasteiger partial charge in [0.15, 0.2) is 0 Å². The van der Waals surface area contributed by atoms with Crippen molar-refractivity contribution >= 4 is 15.9 Å². The molecule has 2 saturated heterocycles. The maximum Gasteiger partial charge on any atom is 0.243 e. The van der Waals surface area contributed by atoms with Gasteiger partial charge in [-0.2, -0.15) is 4.31 Å². The van der Waals surface area contributed by atoms with Crippen LogP contribution in [0.15, 0.2) is 29.2 Å². The van der Waals surface area contributed by atoms with Crippen LogP contribution in [0, 0.1) is 5.92 Å². The van der Waals surface area contributed by atoms with E-state index in [4.69, 9.17) is 0 Å². The van der Waals surface area contributed by atoms with Crippen molar-refractivity contribution in [2.45, 2.75) is 56.4 Å². The molecule has 7 heteroatoms. The van der Waals surface area contributed by atoms with Crippen molar-refractivity contribution in [2.75, 3.05) is 26.2 Å². The van der Waals surface area contributed by atoms with E-state index >= 15 is 0 Å². The van der Waals surface area contributed by atoms with Gasteiger partial charge < -0.3 is 10.6 Å². The lowest BCUT2D eigenvalue weighted by Gasteiger charge is -2.32. The van der Waals surface area contributed by atoms with Gasteiger partial charge in [-0.25, -0.2) is 8.42 Å². The molecule has 150 valence electrons. The Morgan fingerprint density at radius 3 is 2.59 bits per heavy atom. The first-order valence-corrected chi connectivity index (χ1v) is 11.4. The number of benzene rings is 1. The van der Waals surface area contributed by atoms with E-state index < -0.39 is 10.0 Å². The third-order valence-corrected chi connectivity index (χ3v) is 7.49. The second-order valence-electron chi connectivity index (χ2n) is 7.99. The van der Waals surface area contributed by atoms with E-state index in [0.29, 0.717) is 30.4 Å². The minimum atomic E-state index is -3.48. The fourth-order valence-corrected chi connectivity index (χ4v) is 5.42. The summed E-state index contributed by atoms with van der Waals surface area (Å²) in [4.78, 5) is 12.5. The summed E-state index contributed by atoms with van der Waals surface area (Å²) in [6, 6.07) is 7.12. The molecule has 1 aromatic rings. The number of hydrogen-bond donors (Lipinski definition) is 2. The number of rotatable bonds is 6. The molecule has 0 aliphatic carbocycles. The average Bonchev–Trinajstić information content (AvgIpc) is 3.21. The van der Waals surface area contributed by atoms with E-state index in [1.807, 2.05) is 12.1 Å². The van der Waals surface area contributed by atoms with Gasteiger partial charge in [-0.1, -0.05) is 26.0 Å². The van der Waals surface area contributed by atoms with Gasteiger partial charge in [0.2, 0.25) is 15.9 Å². The second-order valence-corrected chi connectivity index (χ2v) is 9.93. The second kappa shape index (κ2) is 8.71. The summed E-state index contributed by atoms with van der Waals surface area (Å²) in [6.45, 7) is 6.62. The number of hydrogen-bond acceptors (Lipinski definition) is 4. The Morgan fingerprint density at radius 1 is 1.22 bits per heavy atom. The third kappa shape index (κ3) is 4.89. The summed E-state index contributed by atoms with van der Waals surface area (Å²) in [5, 5.41) is 6.20. The molecule has 2 aliphatic heterocycles. The van der Waals surface area contributed by atoms with E-state index in [0.717, 1.165) is 37.8 Å². The van der Waals surface area contributed by atoms with Crippen molar-refractivity contribution in [3.8, 4) is 0 Å². The molecule has 2 unspecified atom stereocenters. The van der Waals surface area contributed by atoms with Crippen LogP contribution in [0.5, 0.6) is 0 Å². The number of piperidine rings is 1. The van der Waals surface area contributed by atoms with Crippen LogP contribution in [0.4, 0.5) is 0 Å². The summed E-state index contributed by atoms with van der Waals surface area (Å²) in [5.74, 6) is 0.574. The summed E-state index contributed by atoms with van der Waals surface area (Å²) >= 11 is 0. The topological polar surface area (TPSA) is 78.5 Å². The molecular formula is C20H31N3O3S. The summed E-state index contributed by atoms with van der Waals surface area (Å²) in [5.41, 5.74) is 1.13. The van der Waals surface area contributed by atoms with Gasteiger partial charge in [-0.3, -0.25) is 4.79 Å². The molecule has 0 radical (unpaired) electrons. The van der Waals surface area contributed by atoms with Crippen molar-refractivity contribution < 1.29 is 13.2 Å². The minimum absolute atomic E-state index is 0.0387. The van der Waals surface area contributed by atoms with Gasteiger partial charge >= 0.3 is 0 Å². The van der Waals surface area contributed by atoms with E-state index in [2.05, 4.69) is 24.5 Å². The molecule has 1 aromatic carbocycles. The van der Waals surface area contributed by atoms with Crippen molar-refractivity contribution in [2.24, 2.45) is 5.92 Å². The highest BCUT2D eigenvalue weighted by Gasteiger charge is 2.31. The Balaban J connectivity index is 1.59. The quantitative estimate of drug-likeness (QED) is 0.776. The Hall–Kier alpha value is -1.44. The van der Waals surface area contributed by atoms with E-state index in [-0.39, 0.29) is 17.9 Å². The molecule has 2 heterocycles. The zero-order valence-electron chi connectivity index (χ0n) is 16.3. The van der Waals surface area contributed by atoms with Crippen LogP contribution in [-0.2, 0) is 14.8 Å². The van der Waals surface area contributed by atoms with Gasteiger partial charge in [0.05, 0.1) is 10.9 Å². The molecule has 0 saturated carbocycles. The number of carbonyl (C=O) groups is 1. The smallest absolute Gasteiger partial charge is 0.243 e. The van der Waals surface area contributed by atoms with Gasteiger partial charge in [-0.05, 0) is 61.8 Å². The summed E-state index contributed by atoms with van der Waals surface area (Å²) in [7, 11) is -3.48. The highest BCUT2D eigenvalue weighted by molar-refractivity contribution is 7.89. The number of carbonyl (C=O) groups excluding carboxylic acids is 1. The zero-order valence-corrected chi connectivity index (χ0v) is 17.1. The third-order valence-electron chi connectivity index (χ3n) is 5.61. The fraction of sp³-hybridized carbons (Fsp3) is 0.650. The number of nitrogens with zero attached hydrogens (tertiary/aromatic N) is 1. The SMILES string of the molecule is CC(C)c1ccc(S(=O)(=O)N2CCCC(CNC(=O)C3CCCN3)C2)cc1. The van der Waals surface area contributed by atoms with Crippen LogP contribution >= 0.6 is 0 Å². The Kier molecular flexibility index (Phi) is 6.55. The molecular weight excluding hydrogens is 362 g/mol. The van der Waals surface area contributed by atoms with Crippen LogP contribution in [0.25, 0.3) is 0 Å². The molecule has 0 bridgehead atoms. The predicted octanol–water partition coefficient (Wildman–Crippen LogP) is 2.08. The van der Waals surface area contributed by atoms with Gasteiger partial charge in [0, 0.05) is 19.6 Å². The predicted molar refractivity (Wildman–Crippen MR) is 106 cm³/mol. The highest BCUT2D eigenvalue weighted by atomic mass is 32.2. The largest absolute Gasteiger partial charge is 0.354 e. The average molecular weight is 394 g/mol. The van der Waals surface area contributed by atoms with Crippen molar-refractivity contribution in [1.29, 1.82) is 0 Å². The van der Waals surface area contributed by atoms with E-state index in [1.54, 1.807) is 16.4 Å². The monoisotopic (exact) mass is 393 g/mol. The Bertz CT molecular complexity index is 740. The van der Waals surface area contributed by atoms with Crippen LogP contribution in [0.2, 0.25) is 0 Å². The lowest BCUT2D eigenvalue weighted by Crippen LogP contribution is -2.46. The first-order chi connectivity index (χ1) is 12.9. The molecule has 27 heavy (non-hydrogen) atoms. The van der Waals surface area contributed by atoms with Crippen molar-refractivity contribution in [3.63, 3.8) is 0 Å². The Morgan fingerprint density at radius 2 is 1.96 bits per heavy atom. The van der Waals surface area contributed by atoms with Gasteiger partial charge in [0.1, 0.15) is 0 Å². The molecule has 3 rings (SSSR count). The zero-order chi connectivity index (χ0) is 19.4. The van der Waals surface area contributed by atoms with E-state index in [9.17, 15) is 13.2 Å². The number of nitrogens with one attached hydrogen (secondary N) is 2. The van der Waals surface area contributed by atoms with Gasteiger partial charge in [0.25, 0.3) is 0 Å². The van der Waals surface area contributed by atoms with Crippen LogP contribution in [-0.4, -0.2) is 50.9 Å². The molecule has 0 spiro atoms. The molecule has 1 amide bonds. The lowest BCUT2D eigenvalue weighted by molar-refractivity contribution is -0.123. The summed E-state index contributed by atoms with van der Waals surface area (Å²) in [6.07, 6.45) is 3.68. The maximum atomic E-state index is 13.0. The van der Waals surface area contributed by atoms with Crippen molar-refractivity contribution in [1.82, 2.24) is 14.9 Å². The highest BCUT2D eigenvalue weighted by Crippen LogP contribution is 2.25. The lowest BCUT2D eigenvalue weighted by atomic mass is 9.99. The fourth-order valence-electron chi connectivity index (χ4n) is 3.86.